The van der Waals surface area contributed by atoms with E-state index in [4.69, 9.17) is 9.84 Å². The Balaban J connectivity index is 2.03. The summed E-state index contributed by atoms with van der Waals surface area (Å²) >= 11 is 0. The summed E-state index contributed by atoms with van der Waals surface area (Å²) in [5, 5.41) is 19.0. The molecule has 0 amide bonds. The third kappa shape index (κ3) is 6.27. The first-order valence-corrected chi connectivity index (χ1v) is 12.9. The summed E-state index contributed by atoms with van der Waals surface area (Å²) in [5.41, 5.74) is -0.764. The van der Waals surface area contributed by atoms with Gasteiger partial charge in [-0.15, -0.1) is 0 Å². The van der Waals surface area contributed by atoms with Crippen molar-refractivity contribution in [1.29, 1.82) is 0 Å². The van der Waals surface area contributed by atoms with Gasteiger partial charge in [0, 0.05) is 18.2 Å². The van der Waals surface area contributed by atoms with E-state index >= 15 is 4.39 Å². The van der Waals surface area contributed by atoms with Crippen LogP contribution < -0.4 is 10.3 Å². The molecular weight excluding hydrogens is 482 g/mol. The number of hydrogen-bond acceptors (Lipinski definition) is 6. The molecule has 1 saturated carbocycles. The first-order valence-electron chi connectivity index (χ1n) is 11.4. The zero-order chi connectivity index (χ0) is 26.0. The van der Waals surface area contributed by atoms with Gasteiger partial charge in [-0.3, -0.25) is 14.1 Å². The quantitative estimate of drug-likeness (QED) is 0.401. The predicted octanol–water partition coefficient (Wildman–Crippen LogP) is 2.67. The molecule has 11 heteroatoms. The average Bonchev–Trinajstić information content (AvgIpc) is 3.56. The Kier molecular flexibility index (Phi) is 8.36. The van der Waals surface area contributed by atoms with Crippen LogP contribution in [0.5, 0.6) is 0 Å². The second-order valence-corrected chi connectivity index (χ2v) is 11.7. The second kappa shape index (κ2) is 10.7. The van der Waals surface area contributed by atoms with Crippen LogP contribution in [0.15, 0.2) is 29.2 Å². The molecule has 1 heterocycles. The number of aryl methyl sites for hydroxylation is 1. The van der Waals surface area contributed by atoms with Gasteiger partial charge in [0.15, 0.2) is 5.82 Å². The van der Waals surface area contributed by atoms with Crippen molar-refractivity contribution in [2.45, 2.75) is 64.0 Å². The molecule has 8 nitrogen and oxygen atoms in total. The Morgan fingerprint density at radius 1 is 1.26 bits per heavy atom. The van der Waals surface area contributed by atoms with Gasteiger partial charge in [0.2, 0.25) is 10.0 Å². The topological polar surface area (TPSA) is 118 Å². The molecule has 3 N–H and O–H groups in total. The Hall–Kier alpha value is -2.34. The molecule has 1 aliphatic rings. The molecule has 1 aromatic carbocycles. The minimum atomic E-state index is -4.16. The van der Waals surface area contributed by atoms with E-state index in [-0.39, 0.29) is 55.1 Å². The molecule has 35 heavy (non-hydrogen) atoms. The largest absolute Gasteiger partial charge is 0.394 e. The van der Waals surface area contributed by atoms with Crippen molar-refractivity contribution in [3.05, 3.63) is 63.1 Å². The fourth-order valence-electron chi connectivity index (χ4n) is 3.86. The van der Waals surface area contributed by atoms with Crippen LogP contribution >= 0.6 is 0 Å². The molecule has 0 radical (unpaired) electrons. The SMILES string of the molecule is Cc1ccc(Cc2c(NS(=O)(=O)C3(CC(O)CO)CC3)cn(COCC(C)C)c(=O)c2F)c(F)c1. The standard InChI is InChI=1S/C24H32F2N2O6S/c1-15(2)13-34-14-28-11-21(27-35(32,33)24(6-7-24)10-18(30)12-29)19(22(26)23(28)31)9-17-5-4-16(3)8-20(17)25/h4-5,8,11,15,18,27,29-30H,6-7,9-10,12-14H2,1-3H3. The number of aliphatic hydroxyl groups is 2. The lowest BCUT2D eigenvalue weighted by molar-refractivity contribution is 0.0550. The van der Waals surface area contributed by atoms with Crippen molar-refractivity contribution in [1.82, 2.24) is 4.57 Å². The number of halogens is 2. The number of anilines is 1. The van der Waals surface area contributed by atoms with Crippen LogP contribution in [0.1, 0.15) is 49.8 Å². The predicted molar refractivity (Wildman–Crippen MR) is 128 cm³/mol. The summed E-state index contributed by atoms with van der Waals surface area (Å²) in [6, 6.07) is 4.36. The number of rotatable bonds is 12. The van der Waals surface area contributed by atoms with Crippen LogP contribution in [0.3, 0.4) is 0 Å². The van der Waals surface area contributed by atoms with Crippen molar-refractivity contribution < 1.29 is 32.1 Å². The highest BCUT2D eigenvalue weighted by molar-refractivity contribution is 7.94. The Morgan fingerprint density at radius 3 is 2.51 bits per heavy atom. The number of aliphatic hydroxyl groups excluding tert-OH is 2. The summed E-state index contributed by atoms with van der Waals surface area (Å²) in [4.78, 5) is 12.7. The van der Waals surface area contributed by atoms with Gasteiger partial charge in [0.05, 0.1) is 29.8 Å². The zero-order valence-corrected chi connectivity index (χ0v) is 20.9. The van der Waals surface area contributed by atoms with Gasteiger partial charge in [0.25, 0.3) is 5.56 Å². The first kappa shape index (κ1) is 27.3. The monoisotopic (exact) mass is 514 g/mol. The highest BCUT2D eigenvalue weighted by Crippen LogP contribution is 2.48. The molecule has 1 aliphatic carbocycles. The van der Waals surface area contributed by atoms with E-state index < -0.39 is 44.7 Å². The number of nitrogens with one attached hydrogen (secondary N) is 1. The number of aromatic nitrogens is 1. The number of benzene rings is 1. The van der Waals surface area contributed by atoms with Crippen molar-refractivity contribution in [3.63, 3.8) is 0 Å². The zero-order valence-electron chi connectivity index (χ0n) is 20.1. The van der Waals surface area contributed by atoms with Gasteiger partial charge in [-0.2, -0.15) is 0 Å². The molecular formula is C24H32F2N2O6S. The molecule has 0 spiro atoms. The molecule has 1 atom stereocenters. The number of nitrogens with zero attached hydrogens (tertiary/aromatic N) is 1. The summed E-state index contributed by atoms with van der Waals surface area (Å²) < 4.78 is 63.8. The molecule has 0 aliphatic heterocycles. The Bertz CT molecular complexity index is 1230. The number of sulfonamides is 1. The van der Waals surface area contributed by atoms with Gasteiger partial charge in [-0.05, 0) is 49.3 Å². The highest BCUT2D eigenvalue weighted by atomic mass is 32.2. The molecule has 3 rings (SSSR count). The number of hydrogen-bond donors (Lipinski definition) is 3. The minimum Gasteiger partial charge on any atom is -0.394 e. The summed E-state index contributed by atoms with van der Waals surface area (Å²) in [6.45, 7) is 4.91. The van der Waals surface area contributed by atoms with Crippen molar-refractivity contribution >= 4 is 15.7 Å². The molecule has 194 valence electrons. The third-order valence-electron chi connectivity index (χ3n) is 6.02. The number of ether oxygens (including phenoxy) is 1. The van der Waals surface area contributed by atoms with Crippen LogP contribution in [0.25, 0.3) is 0 Å². The van der Waals surface area contributed by atoms with Crippen LogP contribution in [0, 0.1) is 24.5 Å². The molecule has 1 fully saturated rings. The lowest BCUT2D eigenvalue weighted by Gasteiger charge is -2.22. The number of pyridine rings is 1. The van der Waals surface area contributed by atoms with E-state index in [0.29, 0.717) is 12.2 Å². The van der Waals surface area contributed by atoms with E-state index in [2.05, 4.69) is 4.72 Å². The van der Waals surface area contributed by atoms with Crippen molar-refractivity contribution in [2.75, 3.05) is 17.9 Å². The molecule has 1 unspecified atom stereocenters. The van der Waals surface area contributed by atoms with Crippen molar-refractivity contribution in [3.8, 4) is 0 Å². The van der Waals surface area contributed by atoms with Crippen LogP contribution in [0.2, 0.25) is 0 Å². The van der Waals surface area contributed by atoms with E-state index in [1.165, 1.54) is 12.1 Å². The van der Waals surface area contributed by atoms with Gasteiger partial charge in [-0.1, -0.05) is 26.0 Å². The van der Waals surface area contributed by atoms with Gasteiger partial charge in [-0.25, -0.2) is 17.2 Å². The van der Waals surface area contributed by atoms with Gasteiger partial charge < -0.3 is 14.9 Å². The third-order valence-corrected chi connectivity index (χ3v) is 8.23. The molecule has 0 bridgehead atoms. The molecule has 0 saturated heterocycles. The summed E-state index contributed by atoms with van der Waals surface area (Å²) in [6.07, 6.45) is -0.124. The summed E-state index contributed by atoms with van der Waals surface area (Å²) in [7, 11) is -4.16. The summed E-state index contributed by atoms with van der Waals surface area (Å²) in [5.74, 6) is -1.66. The normalized spacial score (nSPS) is 15.9. The van der Waals surface area contributed by atoms with Crippen LogP contribution in [0.4, 0.5) is 14.5 Å². The van der Waals surface area contributed by atoms with Crippen LogP contribution in [-0.4, -0.2) is 47.3 Å². The van der Waals surface area contributed by atoms with Gasteiger partial charge >= 0.3 is 0 Å². The van der Waals surface area contributed by atoms with E-state index in [1.807, 2.05) is 13.8 Å². The Morgan fingerprint density at radius 2 is 1.94 bits per heavy atom. The highest BCUT2D eigenvalue weighted by Gasteiger charge is 2.55. The van der Waals surface area contributed by atoms with Crippen molar-refractivity contribution in [2.24, 2.45) is 5.92 Å². The van der Waals surface area contributed by atoms with Crippen LogP contribution in [-0.2, 0) is 27.9 Å². The first-order chi connectivity index (χ1) is 16.4. The fourth-order valence-corrected chi connectivity index (χ4v) is 5.60. The maximum absolute atomic E-state index is 15.3. The average molecular weight is 515 g/mol. The second-order valence-electron chi connectivity index (χ2n) is 9.60. The van der Waals surface area contributed by atoms with E-state index in [9.17, 15) is 22.7 Å². The molecule has 2 aromatic rings. The van der Waals surface area contributed by atoms with Gasteiger partial charge in [0.1, 0.15) is 12.5 Å². The smallest absolute Gasteiger partial charge is 0.288 e. The van der Waals surface area contributed by atoms with E-state index in [1.54, 1.807) is 13.0 Å². The molecule has 1 aromatic heterocycles. The fraction of sp³-hybridized carbons (Fsp3) is 0.542. The lowest BCUT2D eigenvalue weighted by Crippen LogP contribution is -2.35. The minimum absolute atomic E-state index is 0.0972. The maximum atomic E-state index is 15.3. The maximum Gasteiger partial charge on any atom is 0.288 e. The van der Waals surface area contributed by atoms with E-state index in [0.717, 1.165) is 10.8 Å². The Labute approximate surface area is 203 Å². The lowest BCUT2D eigenvalue weighted by atomic mass is 10.0.